The molecule has 33 heavy (non-hydrogen) atoms. The van der Waals surface area contributed by atoms with Crippen molar-refractivity contribution in [3.05, 3.63) is 64.0 Å². The number of fused-ring (bicyclic) bond motifs is 1. The van der Waals surface area contributed by atoms with Crippen LogP contribution in [0.15, 0.2) is 42.5 Å². The predicted octanol–water partition coefficient (Wildman–Crippen LogP) is 7.99. The monoisotopic (exact) mass is 478 g/mol. The number of carboxylic acid groups (broad SMARTS) is 1. The number of benzene rings is 2. The molecule has 1 atom stereocenters. The number of aryl methyl sites for hydroxylation is 2. The zero-order valence-electron chi connectivity index (χ0n) is 18.9. The summed E-state index contributed by atoms with van der Waals surface area (Å²) in [6, 6.07) is 11.5. The van der Waals surface area contributed by atoms with E-state index in [9.17, 15) is 18.0 Å². The van der Waals surface area contributed by atoms with Crippen LogP contribution in [0.2, 0.25) is 0 Å². The lowest BCUT2D eigenvalue weighted by atomic mass is 9.94. The second kappa shape index (κ2) is 11.1. The van der Waals surface area contributed by atoms with Crippen molar-refractivity contribution in [3.63, 3.8) is 0 Å². The molecule has 0 saturated heterocycles. The summed E-state index contributed by atoms with van der Waals surface area (Å²) in [7, 11) is 0. The molecule has 0 aliphatic carbocycles. The minimum atomic E-state index is -4.34. The van der Waals surface area contributed by atoms with E-state index in [4.69, 9.17) is 9.84 Å². The Balaban J connectivity index is 1.70. The number of hydrogen-bond acceptors (Lipinski definition) is 3. The number of carbonyl (C=O) groups is 1. The molecule has 0 spiro atoms. The Bertz CT molecular complexity index is 1070. The molecule has 178 valence electrons. The van der Waals surface area contributed by atoms with Gasteiger partial charge in [-0.2, -0.15) is 13.2 Å². The summed E-state index contributed by atoms with van der Waals surface area (Å²) in [5, 5.41) is 9.69. The number of thiophene rings is 1. The fourth-order valence-corrected chi connectivity index (χ4v) is 5.41. The van der Waals surface area contributed by atoms with Crippen molar-refractivity contribution < 1.29 is 27.8 Å². The van der Waals surface area contributed by atoms with Crippen molar-refractivity contribution in [2.24, 2.45) is 0 Å². The molecule has 2 aromatic carbocycles. The number of carboxylic acids is 1. The van der Waals surface area contributed by atoms with Crippen LogP contribution in [-0.2, 0) is 17.4 Å². The second-order valence-corrected chi connectivity index (χ2v) is 9.40. The molecule has 1 N–H and O–H groups in total. The quantitative estimate of drug-likeness (QED) is 0.304. The maximum absolute atomic E-state index is 13.1. The standard InChI is InChI=1S/C26H29F3O3S/c1-3-4-5-19(14-15-32-21-10-6-18(7-11-21)8-13-24(30)31)25-17(2)22-12-9-20(26(27,28)29)16-23(22)33-25/h6-7,9-12,16,19H,3-5,8,13-15H2,1-2H3,(H,30,31). The Morgan fingerprint density at radius 3 is 2.48 bits per heavy atom. The number of aliphatic carboxylic acids is 1. The maximum atomic E-state index is 13.1. The fraction of sp³-hybridized carbons (Fsp3) is 0.423. The third kappa shape index (κ3) is 6.73. The number of unbranched alkanes of at least 4 members (excludes halogenated alkanes) is 1. The summed E-state index contributed by atoms with van der Waals surface area (Å²) >= 11 is 1.47. The fourth-order valence-electron chi connectivity index (χ4n) is 3.99. The molecule has 0 aliphatic rings. The van der Waals surface area contributed by atoms with Crippen molar-refractivity contribution in [2.75, 3.05) is 6.61 Å². The third-order valence-corrected chi connectivity index (χ3v) is 7.28. The highest BCUT2D eigenvalue weighted by Gasteiger charge is 2.31. The average Bonchev–Trinajstić information content (AvgIpc) is 3.10. The van der Waals surface area contributed by atoms with E-state index in [2.05, 4.69) is 6.92 Å². The molecule has 3 aromatic rings. The topological polar surface area (TPSA) is 46.5 Å². The van der Waals surface area contributed by atoms with Crippen molar-refractivity contribution in [1.29, 1.82) is 0 Å². The number of halogens is 3. The van der Waals surface area contributed by atoms with Crippen LogP contribution >= 0.6 is 11.3 Å². The normalized spacial score (nSPS) is 12.8. The largest absolute Gasteiger partial charge is 0.494 e. The van der Waals surface area contributed by atoms with Gasteiger partial charge in [-0.1, -0.05) is 38.0 Å². The van der Waals surface area contributed by atoms with Crippen LogP contribution in [0.4, 0.5) is 13.2 Å². The molecule has 0 bridgehead atoms. The first-order chi connectivity index (χ1) is 15.7. The summed E-state index contributed by atoms with van der Waals surface area (Å²) in [6.07, 6.45) is 0.0786. The molecule has 0 radical (unpaired) electrons. The summed E-state index contributed by atoms with van der Waals surface area (Å²) in [5.74, 6) is 0.136. The van der Waals surface area contributed by atoms with E-state index in [-0.39, 0.29) is 12.3 Å². The SMILES string of the molecule is CCCCC(CCOc1ccc(CCC(=O)O)cc1)c1sc2cc(C(F)(F)F)ccc2c1C. The second-order valence-electron chi connectivity index (χ2n) is 8.31. The Hall–Kier alpha value is -2.54. The van der Waals surface area contributed by atoms with Gasteiger partial charge >= 0.3 is 12.1 Å². The molecule has 3 rings (SSSR count). The van der Waals surface area contributed by atoms with Gasteiger partial charge in [-0.05, 0) is 72.9 Å². The minimum Gasteiger partial charge on any atom is -0.494 e. The summed E-state index contributed by atoms with van der Waals surface area (Å²) < 4.78 is 46.0. The van der Waals surface area contributed by atoms with Crippen LogP contribution in [-0.4, -0.2) is 17.7 Å². The van der Waals surface area contributed by atoms with Gasteiger partial charge in [0.1, 0.15) is 5.75 Å². The highest BCUT2D eigenvalue weighted by molar-refractivity contribution is 7.19. The van der Waals surface area contributed by atoms with Crippen molar-refractivity contribution >= 4 is 27.4 Å². The Labute approximate surface area is 196 Å². The highest BCUT2D eigenvalue weighted by atomic mass is 32.1. The van der Waals surface area contributed by atoms with Gasteiger partial charge in [0.2, 0.25) is 0 Å². The molecule has 0 aliphatic heterocycles. The lowest BCUT2D eigenvalue weighted by Gasteiger charge is -2.17. The number of rotatable bonds is 11. The molecular formula is C26H29F3O3S. The highest BCUT2D eigenvalue weighted by Crippen LogP contribution is 2.41. The number of ether oxygens (including phenoxy) is 1. The van der Waals surface area contributed by atoms with Crippen molar-refractivity contribution in [1.82, 2.24) is 0 Å². The lowest BCUT2D eigenvalue weighted by molar-refractivity contribution is -0.138. The van der Waals surface area contributed by atoms with Gasteiger partial charge in [-0.3, -0.25) is 4.79 Å². The van der Waals surface area contributed by atoms with Crippen LogP contribution in [0.3, 0.4) is 0 Å². The van der Waals surface area contributed by atoms with Crippen molar-refractivity contribution in [2.45, 2.75) is 64.5 Å². The van der Waals surface area contributed by atoms with Gasteiger partial charge < -0.3 is 9.84 Å². The third-order valence-electron chi connectivity index (χ3n) is 5.87. The first kappa shape index (κ1) is 25.1. The molecule has 1 aromatic heterocycles. The molecule has 0 fully saturated rings. The van der Waals surface area contributed by atoms with Gasteiger partial charge in [0.25, 0.3) is 0 Å². The first-order valence-corrected chi connectivity index (χ1v) is 12.0. The van der Waals surface area contributed by atoms with Crippen LogP contribution in [0, 0.1) is 6.92 Å². The van der Waals surface area contributed by atoms with Gasteiger partial charge in [-0.25, -0.2) is 0 Å². The molecular weight excluding hydrogens is 449 g/mol. The lowest BCUT2D eigenvalue weighted by Crippen LogP contribution is -2.06. The molecule has 1 unspecified atom stereocenters. The minimum absolute atomic E-state index is 0.0955. The van der Waals surface area contributed by atoms with Crippen LogP contribution in [0.5, 0.6) is 5.75 Å². The smallest absolute Gasteiger partial charge is 0.416 e. The summed E-state index contributed by atoms with van der Waals surface area (Å²) in [6.45, 7) is 4.63. The van der Waals surface area contributed by atoms with Crippen molar-refractivity contribution in [3.8, 4) is 5.75 Å². The van der Waals surface area contributed by atoms with E-state index in [0.29, 0.717) is 17.7 Å². The molecule has 7 heteroatoms. The van der Waals surface area contributed by atoms with Crippen LogP contribution in [0.25, 0.3) is 10.1 Å². The average molecular weight is 479 g/mol. The molecule has 0 amide bonds. The van der Waals surface area contributed by atoms with E-state index in [1.54, 1.807) is 6.07 Å². The summed E-state index contributed by atoms with van der Waals surface area (Å²) in [4.78, 5) is 11.8. The van der Waals surface area contributed by atoms with E-state index >= 15 is 0 Å². The number of alkyl halides is 3. The maximum Gasteiger partial charge on any atom is 0.416 e. The predicted molar refractivity (Wildman–Crippen MR) is 126 cm³/mol. The molecule has 1 heterocycles. The van der Waals surface area contributed by atoms with E-state index < -0.39 is 17.7 Å². The van der Waals surface area contributed by atoms with Crippen LogP contribution < -0.4 is 4.74 Å². The van der Waals surface area contributed by atoms with E-state index in [1.165, 1.54) is 17.4 Å². The van der Waals surface area contributed by atoms with Gasteiger partial charge in [0.05, 0.1) is 12.2 Å². The summed E-state index contributed by atoms with van der Waals surface area (Å²) in [5.41, 5.74) is 1.40. The zero-order valence-corrected chi connectivity index (χ0v) is 19.7. The van der Waals surface area contributed by atoms with Gasteiger partial charge in [0.15, 0.2) is 0 Å². The first-order valence-electron chi connectivity index (χ1n) is 11.2. The Morgan fingerprint density at radius 2 is 1.85 bits per heavy atom. The Morgan fingerprint density at radius 1 is 1.12 bits per heavy atom. The Kier molecular flexibility index (Phi) is 8.40. The molecule has 0 saturated carbocycles. The van der Waals surface area contributed by atoms with Gasteiger partial charge in [-0.15, -0.1) is 11.3 Å². The van der Waals surface area contributed by atoms with Gasteiger partial charge in [0, 0.05) is 16.0 Å². The zero-order chi connectivity index (χ0) is 24.0. The van der Waals surface area contributed by atoms with E-state index in [1.807, 2.05) is 31.2 Å². The number of hydrogen-bond donors (Lipinski definition) is 1. The van der Waals surface area contributed by atoms with E-state index in [0.717, 1.165) is 58.9 Å². The van der Waals surface area contributed by atoms with Crippen LogP contribution in [0.1, 0.15) is 66.5 Å². The molecule has 3 nitrogen and oxygen atoms in total.